The van der Waals surface area contributed by atoms with E-state index in [2.05, 4.69) is 30.0 Å². The second-order valence-electron chi connectivity index (χ2n) is 4.04. The molecule has 0 aromatic carbocycles. The SMILES string of the molecule is CCc1cc(CC)n(-c2cccc(C(=N)N)n2)n1. The average molecular weight is 243 g/mol. The van der Waals surface area contributed by atoms with E-state index < -0.39 is 0 Å². The lowest BCUT2D eigenvalue weighted by Gasteiger charge is -2.06. The first-order valence-corrected chi connectivity index (χ1v) is 6.05. The van der Waals surface area contributed by atoms with Crippen LogP contribution in [0.25, 0.3) is 5.82 Å². The molecule has 2 aromatic heterocycles. The molecule has 3 N–H and O–H groups in total. The number of nitrogens with zero attached hydrogens (tertiary/aromatic N) is 3. The second kappa shape index (κ2) is 5.00. The summed E-state index contributed by atoms with van der Waals surface area (Å²) in [6.07, 6.45) is 1.78. The zero-order chi connectivity index (χ0) is 13.1. The predicted molar refractivity (Wildman–Crippen MR) is 71.1 cm³/mol. The van der Waals surface area contributed by atoms with Crippen LogP contribution in [0, 0.1) is 5.41 Å². The number of aromatic nitrogens is 3. The van der Waals surface area contributed by atoms with E-state index in [9.17, 15) is 0 Å². The largest absolute Gasteiger partial charge is 0.382 e. The van der Waals surface area contributed by atoms with E-state index in [1.807, 2.05) is 16.8 Å². The molecule has 0 atom stereocenters. The first kappa shape index (κ1) is 12.3. The molecular formula is C13H17N5. The van der Waals surface area contributed by atoms with Crippen molar-refractivity contribution in [2.24, 2.45) is 5.73 Å². The summed E-state index contributed by atoms with van der Waals surface area (Å²) in [4.78, 5) is 4.35. The van der Waals surface area contributed by atoms with E-state index in [4.69, 9.17) is 11.1 Å². The van der Waals surface area contributed by atoms with Crippen molar-refractivity contribution in [1.82, 2.24) is 14.8 Å². The zero-order valence-electron chi connectivity index (χ0n) is 10.6. The van der Waals surface area contributed by atoms with Gasteiger partial charge in [-0.15, -0.1) is 0 Å². The molecule has 0 saturated heterocycles. The Labute approximate surface area is 106 Å². The number of nitrogen functional groups attached to an aromatic ring is 1. The molecule has 2 aromatic rings. The number of amidine groups is 1. The summed E-state index contributed by atoms with van der Waals surface area (Å²) in [6.45, 7) is 4.16. The Kier molecular flexibility index (Phi) is 3.41. The minimum Gasteiger partial charge on any atom is -0.382 e. The highest BCUT2D eigenvalue weighted by Gasteiger charge is 2.09. The van der Waals surface area contributed by atoms with E-state index >= 15 is 0 Å². The number of pyridine rings is 1. The fraction of sp³-hybridized carbons (Fsp3) is 0.308. The van der Waals surface area contributed by atoms with Crippen molar-refractivity contribution >= 4 is 5.84 Å². The molecule has 5 heteroatoms. The van der Waals surface area contributed by atoms with Crippen molar-refractivity contribution in [2.75, 3.05) is 0 Å². The van der Waals surface area contributed by atoms with Gasteiger partial charge in [0.05, 0.1) is 5.69 Å². The summed E-state index contributed by atoms with van der Waals surface area (Å²) in [5.74, 6) is 0.678. The number of nitrogens with one attached hydrogen (secondary N) is 1. The summed E-state index contributed by atoms with van der Waals surface area (Å²) >= 11 is 0. The van der Waals surface area contributed by atoms with Crippen molar-refractivity contribution in [1.29, 1.82) is 5.41 Å². The molecule has 5 nitrogen and oxygen atoms in total. The van der Waals surface area contributed by atoms with Gasteiger partial charge >= 0.3 is 0 Å². The average Bonchev–Trinajstić information content (AvgIpc) is 2.82. The van der Waals surface area contributed by atoms with E-state index in [0.29, 0.717) is 11.5 Å². The molecule has 0 unspecified atom stereocenters. The van der Waals surface area contributed by atoms with Gasteiger partial charge in [-0.1, -0.05) is 19.9 Å². The van der Waals surface area contributed by atoms with Gasteiger partial charge in [0.1, 0.15) is 11.5 Å². The lowest BCUT2D eigenvalue weighted by Crippen LogP contribution is -2.15. The lowest BCUT2D eigenvalue weighted by molar-refractivity contribution is 0.771. The summed E-state index contributed by atoms with van der Waals surface area (Å²) < 4.78 is 1.82. The van der Waals surface area contributed by atoms with Crippen LogP contribution in [0.5, 0.6) is 0 Å². The molecule has 0 aliphatic rings. The van der Waals surface area contributed by atoms with Crippen LogP contribution in [-0.4, -0.2) is 20.6 Å². The first-order valence-electron chi connectivity index (χ1n) is 6.05. The van der Waals surface area contributed by atoms with Gasteiger partial charge in [-0.2, -0.15) is 5.10 Å². The van der Waals surface area contributed by atoms with Crippen LogP contribution in [0.1, 0.15) is 30.9 Å². The maximum Gasteiger partial charge on any atom is 0.154 e. The van der Waals surface area contributed by atoms with Crippen LogP contribution in [0.3, 0.4) is 0 Å². The van der Waals surface area contributed by atoms with Gasteiger partial charge in [-0.3, -0.25) is 5.41 Å². The molecule has 0 aliphatic heterocycles. The Morgan fingerprint density at radius 2 is 2.11 bits per heavy atom. The van der Waals surface area contributed by atoms with Gasteiger partial charge in [0.25, 0.3) is 0 Å². The van der Waals surface area contributed by atoms with Crippen LogP contribution in [-0.2, 0) is 12.8 Å². The van der Waals surface area contributed by atoms with Gasteiger partial charge in [0.2, 0.25) is 0 Å². The molecule has 94 valence electrons. The highest BCUT2D eigenvalue weighted by molar-refractivity contribution is 5.93. The van der Waals surface area contributed by atoms with Crippen molar-refractivity contribution in [3.05, 3.63) is 41.3 Å². The van der Waals surface area contributed by atoms with Gasteiger partial charge < -0.3 is 5.73 Å². The van der Waals surface area contributed by atoms with Crippen molar-refractivity contribution in [2.45, 2.75) is 26.7 Å². The topological polar surface area (TPSA) is 80.6 Å². The number of hydrogen-bond donors (Lipinski definition) is 2. The molecule has 0 amide bonds. The quantitative estimate of drug-likeness (QED) is 0.633. The Balaban J connectivity index is 2.50. The summed E-state index contributed by atoms with van der Waals surface area (Å²) in [5, 5.41) is 11.9. The number of aryl methyl sites for hydroxylation is 2. The molecular weight excluding hydrogens is 226 g/mol. The molecule has 2 rings (SSSR count). The molecule has 0 saturated carbocycles. The maximum absolute atomic E-state index is 7.42. The second-order valence-corrected chi connectivity index (χ2v) is 4.04. The highest BCUT2D eigenvalue weighted by Crippen LogP contribution is 2.12. The van der Waals surface area contributed by atoms with Gasteiger partial charge in [-0.25, -0.2) is 9.67 Å². The molecule has 0 radical (unpaired) electrons. The zero-order valence-corrected chi connectivity index (χ0v) is 10.6. The Hall–Kier alpha value is -2.17. The van der Waals surface area contributed by atoms with Crippen molar-refractivity contribution in [3.63, 3.8) is 0 Å². The Bertz CT molecular complexity index is 571. The number of rotatable bonds is 4. The van der Waals surface area contributed by atoms with Crippen molar-refractivity contribution in [3.8, 4) is 5.82 Å². The van der Waals surface area contributed by atoms with Crippen LogP contribution < -0.4 is 5.73 Å². The van der Waals surface area contributed by atoms with E-state index in [1.54, 1.807) is 6.07 Å². The fourth-order valence-electron chi connectivity index (χ4n) is 1.79. The molecule has 2 heterocycles. The molecule has 0 bridgehead atoms. The lowest BCUT2D eigenvalue weighted by atomic mass is 10.2. The minimum atomic E-state index is -0.0298. The van der Waals surface area contributed by atoms with Crippen molar-refractivity contribution < 1.29 is 0 Å². The third-order valence-corrected chi connectivity index (χ3v) is 2.79. The molecule has 0 fully saturated rings. The monoisotopic (exact) mass is 243 g/mol. The van der Waals surface area contributed by atoms with E-state index in [0.717, 1.165) is 24.2 Å². The van der Waals surface area contributed by atoms with E-state index in [1.165, 1.54) is 0 Å². The number of nitrogens with two attached hydrogens (primary N) is 1. The van der Waals surface area contributed by atoms with Crippen LogP contribution in [0.4, 0.5) is 0 Å². The van der Waals surface area contributed by atoms with Gasteiger partial charge in [0, 0.05) is 5.69 Å². The third kappa shape index (κ3) is 2.25. The van der Waals surface area contributed by atoms with Crippen LogP contribution in [0.2, 0.25) is 0 Å². The number of hydrogen-bond acceptors (Lipinski definition) is 3. The van der Waals surface area contributed by atoms with Gasteiger partial charge in [0.15, 0.2) is 5.82 Å². The smallest absolute Gasteiger partial charge is 0.154 e. The fourth-order valence-corrected chi connectivity index (χ4v) is 1.79. The maximum atomic E-state index is 7.42. The van der Waals surface area contributed by atoms with Crippen LogP contribution in [0.15, 0.2) is 24.3 Å². The standard InChI is InChI=1S/C13H17N5/c1-3-9-8-10(4-2)18(17-9)12-7-5-6-11(16-12)13(14)15/h5-8H,3-4H2,1-2H3,(H3,14,15). The first-order chi connectivity index (χ1) is 8.65. The minimum absolute atomic E-state index is 0.0298. The Morgan fingerprint density at radius 3 is 2.72 bits per heavy atom. The molecule has 18 heavy (non-hydrogen) atoms. The Morgan fingerprint density at radius 1 is 1.33 bits per heavy atom. The molecule has 0 aliphatic carbocycles. The van der Waals surface area contributed by atoms with E-state index in [-0.39, 0.29) is 5.84 Å². The normalized spacial score (nSPS) is 10.6. The molecule has 0 spiro atoms. The predicted octanol–water partition coefficient (Wildman–Crippen LogP) is 1.68. The van der Waals surface area contributed by atoms with Gasteiger partial charge in [-0.05, 0) is 31.0 Å². The highest BCUT2D eigenvalue weighted by atomic mass is 15.3. The summed E-state index contributed by atoms with van der Waals surface area (Å²) in [5.41, 5.74) is 8.08. The third-order valence-electron chi connectivity index (χ3n) is 2.79. The summed E-state index contributed by atoms with van der Waals surface area (Å²) in [6, 6.07) is 7.52. The summed E-state index contributed by atoms with van der Waals surface area (Å²) in [7, 11) is 0. The van der Waals surface area contributed by atoms with Crippen LogP contribution >= 0.6 is 0 Å².